The van der Waals surface area contributed by atoms with Gasteiger partial charge in [-0.2, -0.15) is 9.97 Å². The zero-order chi connectivity index (χ0) is 52.7. The quantitative estimate of drug-likeness (QED) is 0.0186. The fourth-order valence-electron chi connectivity index (χ4n) is 7.97. The van der Waals surface area contributed by atoms with Crippen LogP contribution in [0.3, 0.4) is 0 Å². The van der Waals surface area contributed by atoms with Gasteiger partial charge in [0.15, 0.2) is 34.8 Å². The normalized spacial score (nSPS) is 28.3. The van der Waals surface area contributed by atoms with Crippen molar-refractivity contribution < 1.29 is 79.9 Å². The van der Waals surface area contributed by atoms with Crippen molar-refractivity contribution in [3.05, 3.63) is 45.5 Å². The number of hydrogen-bond acceptors (Lipinski definition) is 25. The molecule has 4 aromatic heterocycles. The van der Waals surface area contributed by atoms with Crippen LogP contribution in [-0.2, 0) is 74.8 Å². The molecule has 8 rings (SSSR count). The molecule has 32 nitrogen and oxygen atoms in total. The van der Waals surface area contributed by atoms with E-state index in [0.717, 1.165) is 23.4 Å². The molecule has 8 heterocycles. The summed E-state index contributed by atoms with van der Waals surface area (Å²) in [5, 5.41) is 16.9. The second-order valence-electron chi connectivity index (χ2n) is 16.4. The molecule has 3 unspecified atom stereocenters. The largest absolute Gasteiger partial charge is 0.386 e. The van der Waals surface area contributed by atoms with E-state index in [1.54, 1.807) is 0 Å². The Labute approximate surface area is 427 Å². The number of nitrogens with one attached hydrogen (secondary N) is 4. The average molecular weight is 1120 g/mol. The first-order valence-corrected chi connectivity index (χ1v) is 27.9. The van der Waals surface area contributed by atoms with Crippen molar-refractivity contribution in [2.45, 2.75) is 61.9 Å². The molecule has 74 heavy (non-hydrogen) atoms. The van der Waals surface area contributed by atoms with Crippen LogP contribution in [0.25, 0.3) is 22.3 Å². The minimum Gasteiger partial charge on any atom is -0.386 e. The third-order valence-corrected chi connectivity index (χ3v) is 14.6. The molecule has 3 fully saturated rings. The highest BCUT2D eigenvalue weighted by molar-refractivity contribution is 8.44. The van der Waals surface area contributed by atoms with Gasteiger partial charge in [0.2, 0.25) is 23.7 Å². The molecule has 0 aromatic carbocycles. The van der Waals surface area contributed by atoms with Gasteiger partial charge >= 0.3 is 13.6 Å². The lowest BCUT2D eigenvalue weighted by molar-refractivity contribution is -0.137. The third kappa shape index (κ3) is 13.4. The highest BCUT2D eigenvalue weighted by atomic mass is 32.7. The number of fused-ring (bicyclic) bond motifs is 4. The molecule has 4 aliphatic rings. The molecule has 10 atom stereocenters. The van der Waals surface area contributed by atoms with Crippen molar-refractivity contribution in [3.63, 3.8) is 0 Å². The summed E-state index contributed by atoms with van der Waals surface area (Å²) in [5.74, 6) is -2.38. The average Bonchev–Trinajstić information content (AvgIpc) is 4.16. The van der Waals surface area contributed by atoms with Crippen LogP contribution in [0.15, 0.2) is 34.4 Å². The van der Waals surface area contributed by atoms with Crippen LogP contribution in [0, 0.1) is 0 Å². The van der Waals surface area contributed by atoms with Crippen molar-refractivity contribution >= 4 is 95.9 Å². The molecular weight excluding hydrogens is 1070 g/mol. The van der Waals surface area contributed by atoms with Gasteiger partial charge in [-0.25, -0.2) is 19.1 Å². The minimum absolute atomic E-state index is 0.00769. The third-order valence-electron chi connectivity index (χ3n) is 11.4. The number of aliphatic hydroxyl groups excluding tert-OH is 1. The van der Waals surface area contributed by atoms with Gasteiger partial charge in [0.1, 0.15) is 36.6 Å². The number of nitrogen functional groups attached to an aromatic ring is 2. The Morgan fingerprint density at radius 1 is 0.716 bits per heavy atom. The zero-order valence-electron chi connectivity index (χ0n) is 38.7. The summed E-state index contributed by atoms with van der Waals surface area (Å²) in [6.45, 7) is -8.79. The number of amides is 4. The first kappa shape index (κ1) is 55.1. The lowest BCUT2D eigenvalue weighted by atomic mass is 10.1. The second-order valence-corrected chi connectivity index (χ2v) is 22.1. The molecule has 36 heteroatoms. The topological polar surface area (TPSA) is 421 Å². The zero-order valence-corrected chi connectivity index (χ0v) is 42.3. The fraction of sp³-hybridized carbons (Fsp3) is 0.579. The Kier molecular flexibility index (Phi) is 18.0. The lowest BCUT2D eigenvalue weighted by Gasteiger charge is -2.30. The van der Waals surface area contributed by atoms with Gasteiger partial charge in [-0.05, 0) is 0 Å². The van der Waals surface area contributed by atoms with Crippen LogP contribution in [-0.4, -0.2) is 188 Å². The molecule has 0 radical (unpaired) electrons. The van der Waals surface area contributed by atoms with Gasteiger partial charge in [0, 0.05) is 38.1 Å². The molecule has 3 saturated heterocycles. The number of ether oxygens (including phenoxy) is 6. The first-order valence-electron chi connectivity index (χ1n) is 22.5. The molecule has 9 N–H and O–H groups in total. The number of H-pyrrole nitrogens is 2. The smallest absolute Gasteiger partial charge is 0.386 e. The van der Waals surface area contributed by atoms with Crippen molar-refractivity contribution in [2.24, 2.45) is 0 Å². The number of carbonyl (C=O) groups excluding carboxylic acids is 4. The van der Waals surface area contributed by atoms with Gasteiger partial charge in [-0.15, -0.1) is 0 Å². The van der Waals surface area contributed by atoms with Crippen LogP contribution < -0.4 is 33.2 Å². The molecule has 0 bridgehead atoms. The SMILES string of the molecule is Nc1nc2c(ncn2[C@@H]2O[C@@H]3COP(=O)(S)O[C@@H]4[C@H](O)[C@H](n5cnc6c(=O)[nH]c(N)nc65)O[C@@H]4COP(=O)(S)O[C@@H]3C2NC(=O)CCOCCOCCOCCOCCNC(=O)CCN2C(=O)C=CC2=O)c(=O)[nH]1. The molecule has 4 aliphatic heterocycles. The predicted molar refractivity (Wildman–Crippen MR) is 257 cm³/mol. The summed E-state index contributed by atoms with van der Waals surface area (Å²) < 4.78 is 88.0. The van der Waals surface area contributed by atoms with E-state index in [2.05, 4.69) is 65.0 Å². The van der Waals surface area contributed by atoms with E-state index in [-0.39, 0.29) is 119 Å². The lowest BCUT2D eigenvalue weighted by Crippen LogP contribution is -2.48. The standard InChI is InChI=1S/C38H51N13O19P2S2/c39-37-45-31-26(33(57)47-37)42-17-50(31)35-25(44-22(53)4-7-61-9-11-63-13-14-64-12-10-62-8-5-41-21(52)3-6-49-23(54)1-2-24(49)55)29-19(67-35)15-65-72(60,74)70-30-20(16-66-71(59,73)69-29)68-36(28(30)56)51-18-43-27-32(51)46-38(40)48-34(27)58/h1-2,17-20,25,28-30,35-36,56H,3-16H2,(H,41,52)(H,44,53)(H,59,73)(H,60,74)(H3,39,45,47,57)(H3,40,46,48,58)/t19-,20-,25?,28+,29+,30+,35-,36-,71?,72?/m1/s1. The summed E-state index contributed by atoms with van der Waals surface area (Å²) in [5.41, 5.74) is 9.80. The van der Waals surface area contributed by atoms with E-state index in [4.69, 9.17) is 58.0 Å². The van der Waals surface area contributed by atoms with Crippen molar-refractivity contribution in [1.82, 2.24) is 54.6 Å². The van der Waals surface area contributed by atoms with Gasteiger partial charge in [0.05, 0.1) is 78.7 Å². The summed E-state index contributed by atoms with van der Waals surface area (Å²) in [6, 6.07) is -1.33. The second kappa shape index (κ2) is 24.2. The number of hydrogen-bond donors (Lipinski definition) is 9. The van der Waals surface area contributed by atoms with Gasteiger partial charge in [0.25, 0.3) is 22.9 Å². The Bertz CT molecular complexity index is 2940. The summed E-state index contributed by atoms with van der Waals surface area (Å²) in [4.78, 5) is 96.0. The summed E-state index contributed by atoms with van der Waals surface area (Å²) in [7, 11) is 0. The summed E-state index contributed by atoms with van der Waals surface area (Å²) >= 11 is 8.36. The molecule has 4 aromatic rings. The van der Waals surface area contributed by atoms with Gasteiger partial charge < -0.3 is 55.6 Å². The van der Waals surface area contributed by atoms with E-state index >= 15 is 0 Å². The number of nitrogens with two attached hydrogens (primary N) is 2. The van der Waals surface area contributed by atoms with E-state index in [1.165, 1.54) is 15.5 Å². The molecule has 0 aliphatic carbocycles. The number of aromatic nitrogens is 8. The molecule has 0 spiro atoms. The Balaban J connectivity index is 0.827. The number of imide groups is 1. The number of nitrogens with zero attached hydrogens (tertiary/aromatic N) is 7. The van der Waals surface area contributed by atoms with Crippen molar-refractivity contribution in [3.8, 4) is 0 Å². The molecular formula is C38H51N13O19P2S2. The number of rotatable bonds is 21. The Morgan fingerprint density at radius 3 is 1.77 bits per heavy atom. The van der Waals surface area contributed by atoms with Crippen LogP contribution in [0.5, 0.6) is 0 Å². The highest BCUT2D eigenvalue weighted by Gasteiger charge is 2.54. The Morgan fingerprint density at radius 2 is 1.20 bits per heavy atom. The minimum atomic E-state index is -4.54. The number of aromatic amines is 2. The van der Waals surface area contributed by atoms with E-state index in [1.807, 2.05) is 0 Å². The van der Waals surface area contributed by atoms with Crippen molar-refractivity contribution in [2.75, 3.05) is 90.6 Å². The van der Waals surface area contributed by atoms with Gasteiger partial charge in [-0.1, -0.05) is 24.5 Å². The van der Waals surface area contributed by atoms with Crippen LogP contribution in [0.2, 0.25) is 0 Å². The van der Waals surface area contributed by atoms with Crippen molar-refractivity contribution in [1.29, 1.82) is 0 Å². The first-order chi connectivity index (χ1) is 35.4. The Hall–Kier alpha value is -5.16. The summed E-state index contributed by atoms with van der Waals surface area (Å²) in [6.07, 6.45) is -5.85. The van der Waals surface area contributed by atoms with Crippen LogP contribution in [0.1, 0.15) is 25.3 Å². The maximum atomic E-state index is 14.1. The monoisotopic (exact) mass is 1120 g/mol. The predicted octanol–water partition coefficient (Wildman–Crippen LogP) is -2.16. The van der Waals surface area contributed by atoms with Crippen LogP contribution >= 0.6 is 38.1 Å². The van der Waals surface area contributed by atoms with Gasteiger partial charge in [-0.3, -0.25) is 70.9 Å². The fourth-order valence-corrected chi connectivity index (χ4v) is 11.0. The maximum Gasteiger partial charge on any atom is 0.386 e. The van der Waals surface area contributed by atoms with E-state index < -0.39 is 105 Å². The molecule has 4 amide bonds. The highest BCUT2D eigenvalue weighted by Crippen LogP contribution is 2.60. The number of imidazole rings is 2. The number of anilines is 2. The van der Waals surface area contributed by atoms with E-state index in [9.17, 15) is 43.0 Å². The molecule has 0 saturated carbocycles. The number of aliphatic hydroxyl groups is 1. The van der Waals surface area contributed by atoms with E-state index in [0.29, 0.717) is 0 Å². The van der Waals surface area contributed by atoms with Crippen LogP contribution in [0.4, 0.5) is 11.9 Å². The maximum absolute atomic E-state index is 14.1. The number of thiol groups is 2. The number of carbonyl (C=O) groups is 4. The molecule has 404 valence electrons.